The van der Waals surface area contributed by atoms with Crippen LogP contribution in [0, 0.1) is 0 Å². The van der Waals surface area contributed by atoms with Crippen LogP contribution in [0.5, 0.6) is 11.5 Å². The Balaban J connectivity index is 1.72. The van der Waals surface area contributed by atoms with E-state index in [2.05, 4.69) is 10.1 Å². The van der Waals surface area contributed by atoms with Crippen molar-refractivity contribution >= 4 is 21.6 Å². The molecule has 0 saturated carbocycles. The van der Waals surface area contributed by atoms with Gasteiger partial charge in [0.2, 0.25) is 15.9 Å². The van der Waals surface area contributed by atoms with Gasteiger partial charge < -0.3 is 14.8 Å². The van der Waals surface area contributed by atoms with Crippen molar-refractivity contribution in [3.8, 4) is 11.5 Å². The first-order valence-corrected chi connectivity index (χ1v) is 11.4. The zero-order valence-corrected chi connectivity index (χ0v) is 18.1. The summed E-state index contributed by atoms with van der Waals surface area (Å²) in [7, 11) is -2.42. The largest absolute Gasteiger partial charge is 0.573 e. The van der Waals surface area contributed by atoms with Gasteiger partial charge in [0.25, 0.3) is 0 Å². The fraction of sp³-hybridized carbons (Fsp3) is 0.381. The average molecular weight is 472 g/mol. The fourth-order valence-electron chi connectivity index (χ4n) is 3.40. The number of sulfonamides is 1. The Hall–Kier alpha value is -2.79. The first-order valence-electron chi connectivity index (χ1n) is 9.91. The number of hydrogen-bond donors (Lipinski definition) is 1. The quantitative estimate of drug-likeness (QED) is 0.660. The monoisotopic (exact) mass is 472 g/mol. The number of alkyl halides is 3. The molecule has 0 aliphatic carbocycles. The molecule has 1 fully saturated rings. The first kappa shape index (κ1) is 23.9. The van der Waals surface area contributed by atoms with Crippen LogP contribution in [-0.4, -0.2) is 45.2 Å². The summed E-state index contributed by atoms with van der Waals surface area (Å²) in [6.07, 6.45) is -2.37. The molecule has 174 valence electrons. The van der Waals surface area contributed by atoms with Gasteiger partial charge in [-0.2, -0.15) is 4.31 Å². The molecule has 1 saturated heterocycles. The molecule has 0 atom stereocenters. The lowest BCUT2D eigenvalue weighted by molar-refractivity contribution is -0.274. The predicted octanol–water partition coefficient (Wildman–Crippen LogP) is 3.95. The van der Waals surface area contributed by atoms with Gasteiger partial charge in [-0.25, -0.2) is 8.42 Å². The van der Waals surface area contributed by atoms with Crippen molar-refractivity contribution in [1.29, 1.82) is 0 Å². The number of amides is 1. The van der Waals surface area contributed by atoms with Gasteiger partial charge in [0.15, 0.2) is 0 Å². The number of methoxy groups -OCH3 is 1. The Bertz CT molecular complexity index is 1050. The van der Waals surface area contributed by atoms with E-state index in [9.17, 15) is 26.4 Å². The van der Waals surface area contributed by atoms with E-state index in [4.69, 9.17) is 4.74 Å². The van der Waals surface area contributed by atoms with Gasteiger partial charge in [-0.3, -0.25) is 4.79 Å². The normalized spacial score (nSPS) is 15.2. The number of nitrogens with zero attached hydrogens (tertiary/aromatic N) is 1. The number of nitrogens with one attached hydrogen (secondary N) is 1. The number of hydrogen-bond acceptors (Lipinski definition) is 5. The van der Waals surface area contributed by atoms with Gasteiger partial charge in [-0.05, 0) is 48.7 Å². The molecule has 0 bridgehead atoms. The van der Waals surface area contributed by atoms with Gasteiger partial charge in [0, 0.05) is 18.8 Å². The highest BCUT2D eigenvalue weighted by Crippen LogP contribution is 2.31. The van der Waals surface area contributed by atoms with Gasteiger partial charge in [-0.15, -0.1) is 13.2 Å². The van der Waals surface area contributed by atoms with E-state index in [1.54, 1.807) is 0 Å². The third kappa shape index (κ3) is 6.13. The second-order valence-corrected chi connectivity index (χ2v) is 9.15. The van der Waals surface area contributed by atoms with Crippen molar-refractivity contribution in [2.75, 3.05) is 25.5 Å². The number of ether oxygens (including phenoxy) is 2. The van der Waals surface area contributed by atoms with Crippen LogP contribution < -0.4 is 14.8 Å². The van der Waals surface area contributed by atoms with Crippen LogP contribution in [0.15, 0.2) is 47.4 Å². The third-order valence-electron chi connectivity index (χ3n) is 4.90. The number of rotatable bonds is 7. The lowest BCUT2D eigenvalue weighted by Gasteiger charge is -2.26. The molecule has 2 aromatic rings. The highest BCUT2D eigenvalue weighted by molar-refractivity contribution is 7.89. The van der Waals surface area contributed by atoms with Crippen molar-refractivity contribution in [3.05, 3.63) is 48.0 Å². The summed E-state index contributed by atoms with van der Waals surface area (Å²) >= 11 is 0. The molecule has 0 spiro atoms. The summed E-state index contributed by atoms with van der Waals surface area (Å²) in [5.74, 6) is -0.667. The van der Waals surface area contributed by atoms with E-state index in [0.29, 0.717) is 18.7 Å². The van der Waals surface area contributed by atoms with Crippen LogP contribution in [0.25, 0.3) is 0 Å². The molecule has 0 radical (unpaired) electrons. The molecular weight excluding hydrogens is 449 g/mol. The van der Waals surface area contributed by atoms with Crippen LogP contribution in [0.3, 0.4) is 0 Å². The van der Waals surface area contributed by atoms with Crippen molar-refractivity contribution in [2.45, 2.75) is 36.9 Å². The Kier molecular flexibility index (Phi) is 7.29. The zero-order valence-electron chi connectivity index (χ0n) is 17.3. The zero-order chi connectivity index (χ0) is 23.4. The Morgan fingerprint density at radius 3 is 2.31 bits per heavy atom. The molecule has 1 aliphatic rings. The molecule has 1 heterocycles. The number of carbonyl (C=O) groups is 1. The van der Waals surface area contributed by atoms with Crippen LogP contribution in [0.2, 0.25) is 0 Å². The summed E-state index contributed by atoms with van der Waals surface area (Å²) in [4.78, 5) is 12.4. The molecule has 1 N–H and O–H groups in total. The average Bonchev–Trinajstić information content (AvgIpc) is 2.74. The van der Waals surface area contributed by atoms with E-state index in [0.717, 1.165) is 31.4 Å². The summed E-state index contributed by atoms with van der Waals surface area (Å²) in [6.45, 7) is 0.853. The molecule has 32 heavy (non-hydrogen) atoms. The van der Waals surface area contributed by atoms with Gasteiger partial charge in [-0.1, -0.05) is 18.6 Å². The number of halogens is 3. The Labute approximate surface area is 184 Å². The minimum atomic E-state index is -4.79. The fourth-order valence-corrected chi connectivity index (χ4v) is 5.10. The summed E-state index contributed by atoms with van der Waals surface area (Å²) < 4.78 is 73.3. The standard InChI is InChI=1S/C21H23F3N2O5S/c1-30-18-10-7-16(14-19(18)32(28,29)26-11-3-2-4-12-26)25-20(27)13-15-5-8-17(9-6-15)31-21(22,23)24/h5-10,14H,2-4,11-13H2,1H3,(H,25,27). The highest BCUT2D eigenvalue weighted by Gasteiger charge is 2.31. The molecule has 1 amide bonds. The molecule has 0 unspecified atom stereocenters. The summed E-state index contributed by atoms with van der Waals surface area (Å²) in [5.41, 5.74) is 0.732. The van der Waals surface area contributed by atoms with E-state index >= 15 is 0 Å². The number of carbonyl (C=O) groups excluding carboxylic acids is 1. The highest BCUT2D eigenvalue weighted by atomic mass is 32.2. The van der Waals surface area contributed by atoms with E-state index in [1.165, 1.54) is 41.7 Å². The number of piperidine rings is 1. The van der Waals surface area contributed by atoms with E-state index in [-0.39, 0.29) is 28.5 Å². The maximum atomic E-state index is 13.1. The summed E-state index contributed by atoms with van der Waals surface area (Å²) in [5, 5.41) is 2.62. The summed E-state index contributed by atoms with van der Waals surface area (Å²) in [6, 6.07) is 9.27. The second kappa shape index (κ2) is 9.78. The molecule has 11 heteroatoms. The van der Waals surface area contributed by atoms with Crippen molar-refractivity contribution in [3.63, 3.8) is 0 Å². The lowest BCUT2D eigenvalue weighted by atomic mass is 10.1. The molecule has 3 rings (SSSR count). The molecular formula is C21H23F3N2O5S. The number of benzene rings is 2. The van der Waals surface area contributed by atoms with Crippen LogP contribution in [0.1, 0.15) is 24.8 Å². The second-order valence-electron chi connectivity index (χ2n) is 7.25. The molecule has 7 nitrogen and oxygen atoms in total. The minimum Gasteiger partial charge on any atom is -0.495 e. The first-order chi connectivity index (χ1) is 15.1. The van der Waals surface area contributed by atoms with Gasteiger partial charge in [0.1, 0.15) is 16.4 Å². The molecule has 1 aliphatic heterocycles. The van der Waals surface area contributed by atoms with Crippen LogP contribution >= 0.6 is 0 Å². The van der Waals surface area contributed by atoms with Gasteiger partial charge >= 0.3 is 6.36 Å². The lowest BCUT2D eigenvalue weighted by Crippen LogP contribution is -2.35. The van der Waals surface area contributed by atoms with Crippen molar-refractivity contribution in [1.82, 2.24) is 4.31 Å². The SMILES string of the molecule is COc1ccc(NC(=O)Cc2ccc(OC(F)(F)F)cc2)cc1S(=O)(=O)N1CCCCC1. The predicted molar refractivity (Wildman–Crippen MR) is 111 cm³/mol. The Morgan fingerprint density at radius 1 is 1.06 bits per heavy atom. The molecule has 0 aromatic heterocycles. The van der Waals surface area contributed by atoms with Crippen LogP contribution in [-0.2, 0) is 21.2 Å². The maximum absolute atomic E-state index is 13.1. The van der Waals surface area contributed by atoms with E-state index < -0.39 is 22.3 Å². The maximum Gasteiger partial charge on any atom is 0.573 e. The smallest absolute Gasteiger partial charge is 0.495 e. The van der Waals surface area contributed by atoms with Gasteiger partial charge in [0.05, 0.1) is 13.5 Å². The van der Waals surface area contributed by atoms with E-state index in [1.807, 2.05) is 0 Å². The van der Waals surface area contributed by atoms with Crippen molar-refractivity contribution < 1.29 is 35.9 Å². The molecule has 2 aromatic carbocycles. The van der Waals surface area contributed by atoms with Crippen molar-refractivity contribution in [2.24, 2.45) is 0 Å². The van der Waals surface area contributed by atoms with Crippen LogP contribution in [0.4, 0.5) is 18.9 Å². The topological polar surface area (TPSA) is 84.9 Å². The number of anilines is 1. The Morgan fingerprint density at radius 2 is 1.72 bits per heavy atom. The minimum absolute atomic E-state index is 0.0339. The third-order valence-corrected chi connectivity index (χ3v) is 6.82.